The maximum absolute atomic E-state index is 5.62. The predicted octanol–water partition coefficient (Wildman–Crippen LogP) is 2.91. The van der Waals surface area contributed by atoms with Crippen LogP contribution in [-0.2, 0) is 0 Å². The second-order valence-corrected chi connectivity index (χ2v) is 4.76. The van der Waals surface area contributed by atoms with E-state index in [1.54, 1.807) is 5.54 Å². The van der Waals surface area contributed by atoms with Crippen LogP contribution >= 0.6 is 11.6 Å². The quantitative estimate of drug-likeness (QED) is 0.718. The highest BCUT2D eigenvalue weighted by molar-refractivity contribution is 6.25. The molecule has 74 valence electrons. The molecule has 2 heteroatoms. The molecule has 0 atom stereocenters. The van der Waals surface area contributed by atoms with Crippen molar-refractivity contribution in [2.75, 3.05) is 6.54 Å². The molecule has 2 saturated carbocycles. The summed E-state index contributed by atoms with van der Waals surface area (Å²) in [4.78, 5) is 0. The Morgan fingerprint density at radius 1 is 1.38 bits per heavy atom. The molecule has 0 aromatic carbocycles. The lowest BCUT2D eigenvalue weighted by Crippen LogP contribution is -2.34. The molecule has 0 aliphatic heterocycles. The normalized spacial score (nSPS) is 24.1. The highest BCUT2D eigenvalue weighted by Gasteiger charge is 2.40. The molecule has 0 spiro atoms. The minimum atomic E-state index is 0.798. The zero-order valence-electron chi connectivity index (χ0n) is 8.22. The van der Waals surface area contributed by atoms with E-state index in [1.807, 2.05) is 0 Å². The molecule has 2 rings (SSSR count). The van der Waals surface area contributed by atoms with Crippen LogP contribution in [0.2, 0.25) is 0 Å². The molecule has 0 amide bonds. The van der Waals surface area contributed by atoms with Crippen molar-refractivity contribution >= 4 is 11.6 Å². The molecule has 0 heterocycles. The number of halogens is 1. The number of hydrogen-bond acceptors (Lipinski definition) is 1. The fraction of sp³-hybridized carbons (Fsp3) is 0.818. The lowest BCUT2D eigenvalue weighted by atomic mass is 10.1. The number of nitrogens with one attached hydrogen (secondary N) is 1. The summed E-state index contributed by atoms with van der Waals surface area (Å²) < 4.78 is 0. The second kappa shape index (κ2) is 4.02. The molecule has 0 aromatic rings. The molecule has 1 nitrogen and oxygen atoms in total. The largest absolute Gasteiger partial charge is 0.310 e. The summed E-state index contributed by atoms with van der Waals surface area (Å²) in [5, 5.41) is 3.64. The van der Waals surface area contributed by atoms with Gasteiger partial charge in [-0.2, -0.15) is 0 Å². The summed E-state index contributed by atoms with van der Waals surface area (Å²) in [6, 6.07) is 0.798. The molecule has 0 aromatic heterocycles. The van der Waals surface area contributed by atoms with Gasteiger partial charge >= 0.3 is 0 Å². The third-order valence-electron chi connectivity index (χ3n) is 3.06. The average Bonchev–Trinajstić information content (AvgIpc) is 2.98. The molecule has 2 aliphatic carbocycles. The zero-order chi connectivity index (χ0) is 9.26. The summed E-state index contributed by atoms with van der Waals surface area (Å²) >= 11 is 5.62. The average molecular weight is 200 g/mol. The summed E-state index contributed by atoms with van der Waals surface area (Å²) in [6.45, 7) is 3.05. The smallest absolute Gasteiger partial charge is 0.0176 e. The first kappa shape index (κ1) is 9.54. The maximum Gasteiger partial charge on any atom is 0.0176 e. The Morgan fingerprint density at radius 2 is 1.92 bits per heavy atom. The van der Waals surface area contributed by atoms with Crippen LogP contribution in [0.5, 0.6) is 0 Å². The van der Waals surface area contributed by atoms with Crippen molar-refractivity contribution < 1.29 is 0 Å². The third kappa shape index (κ3) is 2.72. The van der Waals surface area contributed by atoms with Gasteiger partial charge in [0.25, 0.3) is 0 Å². The first-order chi connectivity index (χ1) is 6.31. The lowest BCUT2D eigenvalue weighted by Gasteiger charge is -2.17. The van der Waals surface area contributed by atoms with Gasteiger partial charge in [0.05, 0.1) is 0 Å². The fourth-order valence-electron chi connectivity index (χ4n) is 1.95. The van der Waals surface area contributed by atoms with Gasteiger partial charge in [-0.1, -0.05) is 11.6 Å². The van der Waals surface area contributed by atoms with E-state index in [0.717, 1.165) is 24.4 Å². The maximum atomic E-state index is 5.62. The molecule has 1 N–H and O–H groups in total. The van der Waals surface area contributed by atoms with Crippen LogP contribution in [-0.4, -0.2) is 12.6 Å². The number of rotatable bonds is 5. The van der Waals surface area contributed by atoms with Gasteiger partial charge in [-0.25, -0.2) is 0 Å². The Hall–Kier alpha value is -0.0100. The first-order valence-corrected chi connectivity index (χ1v) is 5.74. The summed E-state index contributed by atoms with van der Waals surface area (Å²) in [6.07, 6.45) is 5.77. The van der Waals surface area contributed by atoms with E-state index >= 15 is 0 Å². The van der Waals surface area contributed by atoms with E-state index in [9.17, 15) is 0 Å². The topological polar surface area (TPSA) is 12.0 Å². The van der Waals surface area contributed by atoms with E-state index in [-0.39, 0.29) is 0 Å². The predicted molar refractivity (Wildman–Crippen MR) is 56.8 cm³/mol. The Labute approximate surface area is 85.5 Å². The van der Waals surface area contributed by atoms with Crippen LogP contribution in [0.25, 0.3) is 0 Å². The van der Waals surface area contributed by atoms with Crippen LogP contribution in [0.1, 0.15) is 32.6 Å². The van der Waals surface area contributed by atoms with Crippen LogP contribution in [0, 0.1) is 11.8 Å². The van der Waals surface area contributed by atoms with E-state index in [1.165, 1.54) is 31.3 Å². The van der Waals surface area contributed by atoms with Crippen LogP contribution < -0.4 is 5.32 Å². The lowest BCUT2D eigenvalue weighted by molar-refractivity contribution is 0.432. The highest BCUT2D eigenvalue weighted by Crippen LogP contribution is 2.44. The van der Waals surface area contributed by atoms with Crippen LogP contribution in [0.15, 0.2) is 11.1 Å². The zero-order valence-corrected chi connectivity index (χ0v) is 8.98. The highest BCUT2D eigenvalue weighted by atomic mass is 35.5. The van der Waals surface area contributed by atoms with Crippen molar-refractivity contribution in [3.05, 3.63) is 11.1 Å². The van der Waals surface area contributed by atoms with Gasteiger partial charge in [-0.3, -0.25) is 0 Å². The van der Waals surface area contributed by atoms with E-state index < -0.39 is 0 Å². The molecule has 0 saturated heterocycles. The fourth-order valence-corrected chi connectivity index (χ4v) is 2.02. The van der Waals surface area contributed by atoms with Gasteiger partial charge < -0.3 is 5.32 Å². The summed E-state index contributed by atoms with van der Waals surface area (Å²) in [5.74, 6) is 1.96. The Kier molecular flexibility index (Phi) is 2.95. The van der Waals surface area contributed by atoms with Crippen molar-refractivity contribution in [1.29, 1.82) is 0 Å². The van der Waals surface area contributed by atoms with Gasteiger partial charge in [0.15, 0.2) is 0 Å². The molecule has 2 aliphatic rings. The summed E-state index contributed by atoms with van der Waals surface area (Å²) in [7, 11) is 0. The molecular weight excluding hydrogens is 182 g/mol. The van der Waals surface area contributed by atoms with Crippen LogP contribution in [0.3, 0.4) is 0 Å². The molecule has 0 unspecified atom stereocenters. The van der Waals surface area contributed by atoms with Gasteiger partial charge in [0.1, 0.15) is 0 Å². The Bertz CT molecular complexity index is 192. The third-order valence-corrected chi connectivity index (χ3v) is 3.44. The second-order valence-electron chi connectivity index (χ2n) is 4.54. The van der Waals surface area contributed by atoms with E-state index in [4.69, 9.17) is 11.6 Å². The minimum absolute atomic E-state index is 0.798. The Balaban J connectivity index is 1.76. The molecular formula is C11H18ClN. The standard InChI is InChI=1S/C11H18ClN/c1-8(6-12)7-13-11(9-2-3-9)10-4-5-10/h6,9-11,13H,2-5,7H2,1H3. The van der Waals surface area contributed by atoms with E-state index in [0.29, 0.717) is 0 Å². The molecule has 2 fully saturated rings. The number of hydrogen-bond donors (Lipinski definition) is 1. The van der Waals surface area contributed by atoms with Crippen molar-refractivity contribution in [3.8, 4) is 0 Å². The van der Waals surface area contributed by atoms with Crippen molar-refractivity contribution in [1.82, 2.24) is 5.32 Å². The van der Waals surface area contributed by atoms with Gasteiger partial charge in [0.2, 0.25) is 0 Å². The Morgan fingerprint density at radius 3 is 2.31 bits per heavy atom. The van der Waals surface area contributed by atoms with Gasteiger partial charge in [-0.05, 0) is 50.0 Å². The van der Waals surface area contributed by atoms with Crippen molar-refractivity contribution in [2.24, 2.45) is 11.8 Å². The minimum Gasteiger partial charge on any atom is -0.310 e. The molecule has 0 radical (unpaired) electrons. The SMILES string of the molecule is CC(=CCl)CNC(C1CC1)C1CC1. The van der Waals surface area contributed by atoms with Crippen molar-refractivity contribution in [2.45, 2.75) is 38.6 Å². The monoisotopic (exact) mass is 199 g/mol. The molecule has 0 bridgehead atoms. The van der Waals surface area contributed by atoms with Gasteiger partial charge in [0, 0.05) is 18.1 Å². The first-order valence-electron chi connectivity index (χ1n) is 5.30. The van der Waals surface area contributed by atoms with E-state index in [2.05, 4.69) is 12.2 Å². The molecule has 13 heavy (non-hydrogen) atoms. The van der Waals surface area contributed by atoms with Crippen molar-refractivity contribution in [3.63, 3.8) is 0 Å². The summed E-state index contributed by atoms with van der Waals surface area (Å²) in [5.41, 5.74) is 2.93. The van der Waals surface area contributed by atoms with Gasteiger partial charge in [-0.15, -0.1) is 0 Å². The van der Waals surface area contributed by atoms with Crippen LogP contribution in [0.4, 0.5) is 0 Å².